The highest BCUT2D eigenvalue weighted by Gasteiger charge is 2.04. The lowest BCUT2D eigenvalue weighted by atomic mass is 10.1. The van der Waals surface area contributed by atoms with Gasteiger partial charge in [0.15, 0.2) is 0 Å². The molecule has 4 rings (SSSR count). The van der Waals surface area contributed by atoms with Gasteiger partial charge in [0.2, 0.25) is 6.41 Å². The molecule has 4 aromatic rings. The summed E-state index contributed by atoms with van der Waals surface area (Å²) >= 11 is 0. The minimum absolute atomic E-state index is 0.250. The third-order valence-corrected chi connectivity index (χ3v) is 3.61. The van der Waals surface area contributed by atoms with Crippen molar-refractivity contribution in [2.75, 3.05) is 0 Å². The highest BCUT2D eigenvalue weighted by molar-refractivity contribution is 5.87. The van der Waals surface area contributed by atoms with E-state index in [1.807, 2.05) is 0 Å². The lowest BCUT2D eigenvalue weighted by Gasteiger charge is -2.05. The summed E-state index contributed by atoms with van der Waals surface area (Å²) in [6, 6.07) is 25.7. The van der Waals surface area contributed by atoms with Gasteiger partial charge in [-0.05, 0) is 46.7 Å². The van der Waals surface area contributed by atoms with E-state index in [1.165, 1.54) is 27.5 Å². The van der Waals surface area contributed by atoms with Crippen LogP contribution in [-0.4, -0.2) is 10.8 Å². The van der Waals surface area contributed by atoms with Crippen LogP contribution in [-0.2, 0) is 4.79 Å². The monoisotopic (exact) mass is 288 g/mol. The summed E-state index contributed by atoms with van der Waals surface area (Å²) in [6.07, 6.45) is 2.36. The van der Waals surface area contributed by atoms with Gasteiger partial charge in [0.1, 0.15) is 0 Å². The predicted molar refractivity (Wildman–Crippen MR) is 90.6 cm³/mol. The Morgan fingerprint density at radius 2 is 1.55 bits per heavy atom. The summed E-state index contributed by atoms with van der Waals surface area (Å²) in [5.74, 6) is 0. The number of hydrogen-bond donors (Lipinski definition) is 1. The standard InChI is InChI=1S/C18H13N.CH3NO/c1-2-6-15-13-16(9-8-14(15)5-1)18-11-10-17-7-3-4-12-19(17)18;2-1-3/h1-13H;1H,(H2,2,3). The highest BCUT2D eigenvalue weighted by Crippen LogP contribution is 2.26. The number of primary amides is 1. The summed E-state index contributed by atoms with van der Waals surface area (Å²) in [6.45, 7) is 0. The van der Waals surface area contributed by atoms with Gasteiger partial charge in [0, 0.05) is 11.7 Å². The van der Waals surface area contributed by atoms with Crippen LogP contribution in [0.4, 0.5) is 0 Å². The summed E-state index contributed by atoms with van der Waals surface area (Å²) in [5, 5.41) is 2.57. The first kappa shape index (κ1) is 13.9. The van der Waals surface area contributed by atoms with E-state index >= 15 is 0 Å². The van der Waals surface area contributed by atoms with E-state index in [0.717, 1.165) is 0 Å². The molecule has 2 aromatic heterocycles. The van der Waals surface area contributed by atoms with Crippen molar-refractivity contribution >= 4 is 22.7 Å². The van der Waals surface area contributed by atoms with Crippen molar-refractivity contribution in [2.45, 2.75) is 0 Å². The lowest BCUT2D eigenvalue weighted by molar-refractivity contribution is -0.106. The van der Waals surface area contributed by atoms with Gasteiger partial charge in [-0.25, -0.2) is 0 Å². The van der Waals surface area contributed by atoms with Gasteiger partial charge >= 0.3 is 0 Å². The minimum atomic E-state index is 0.250. The van der Waals surface area contributed by atoms with Crippen LogP contribution in [0, 0.1) is 0 Å². The van der Waals surface area contributed by atoms with Crippen molar-refractivity contribution in [1.29, 1.82) is 0 Å². The SMILES string of the molecule is NC=O.c1ccc2cc(-c3ccc4ccccn34)ccc2c1. The number of aromatic nitrogens is 1. The molecule has 0 aliphatic heterocycles. The number of fused-ring (bicyclic) bond motifs is 2. The molecule has 3 heteroatoms. The number of rotatable bonds is 1. The van der Waals surface area contributed by atoms with Gasteiger partial charge in [0.25, 0.3) is 0 Å². The zero-order chi connectivity index (χ0) is 15.4. The fourth-order valence-corrected chi connectivity index (χ4v) is 2.64. The number of hydrogen-bond acceptors (Lipinski definition) is 1. The Balaban J connectivity index is 0.000000446. The molecular weight excluding hydrogens is 272 g/mol. The molecule has 0 atom stereocenters. The number of nitrogens with zero attached hydrogens (tertiary/aromatic N) is 1. The van der Waals surface area contributed by atoms with E-state index in [2.05, 4.69) is 89.1 Å². The Hall–Kier alpha value is -3.07. The van der Waals surface area contributed by atoms with Gasteiger partial charge in [-0.1, -0.05) is 42.5 Å². The van der Waals surface area contributed by atoms with E-state index in [9.17, 15) is 0 Å². The van der Waals surface area contributed by atoms with E-state index in [0.29, 0.717) is 0 Å². The molecule has 0 fully saturated rings. The van der Waals surface area contributed by atoms with E-state index in [4.69, 9.17) is 4.79 Å². The molecule has 1 amide bonds. The van der Waals surface area contributed by atoms with Crippen molar-refractivity contribution in [3.05, 3.63) is 79.0 Å². The van der Waals surface area contributed by atoms with Gasteiger partial charge in [-0.2, -0.15) is 0 Å². The Morgan fingerprint density at radius 3 is 2.36 bits per heavy atom. The topological polar surface area (TPSA) is 47.5 Å². The van der Waals surface area contributed by atoms with E-state index < -0.39 is 0 Å². The summed E-state index contributed by atoms with van der Waals surface area (Å²) in [4.78, 5) is 8.58. The molecule has 0 unspecified atom stereocenters. The van der Waals surface area contributed by atoms with Gasteiger partial charge in [-0.15, -0.1) is 0 Å². The number of carbonyl (C=O) groups excluding carboxylic acids is 1. The summed E-state index contributed by atoms with van der Waals surface area (Å²) in [5.41, 5.74) is 7.89. The van der Waals surface area contributed by atoms with Gasteiger partial charge in [-0.3, -0.25) is 4.79 Å². The van der Waals surface area contributed by atoms with Gasteiger partial charge < -0.3 is 10.1 Å². The van der Waals surface area contributed by atoms with Crippen LogP contribution in [0.15, 0.2) is 79.0 Å². The van der Waals surface area contributed by atoms with Crippen LogP contribution < -0.4 is 5.73 Å². The molecule has 0 radical (unpaired) electrons. The van der Waals surface area contributed by atoms with Crippen LogP contribution >= 0.6 is 0 Å². The van der Waals surface area contributed by atoms with Crippen molar-refractivity contribution in [2.24, 2.45) is 5.73 Å². The van der Waals surface area contributed by atoms with E-state index in [1.54, 1.807) is 0 Å². The van der Waals surface area contributed by atoms with Crippen molar-refractivity contribution in [3.63, 3.8) is 0 Å². The largest absolute Gasteiger partial charge is 0.372 e. The number of benzene rings is 2. The van der Waals surface area contributed by atoms with Crippen LogP contribution in [0.3, 0.4) is 0 Å². The molecule has 0 bridgehead atoms. The van der Waals surface area contributed by atoms with Gasteiger partial charge in [0.05, 0.1) is 5.69 Å². The molecule has 0 aliphatic rings. The highest BCUT2D eigenvalue weighted by atomic mass is 16.1. The summed E-state index contributed by atoms with van der Waals surface area (Å²) in [7, 11) is 0. The Bertz CT molecular complexity index is 925. The molecular formula is C19H16N2O. The van der Waals surface area contributed by atoms with Crippen molar-refractivity contribution < 1.29 is 4.79 Å². The number of carbonyl (C=O) groups is 1. The van der Waals surface area contributed by atoms with Crippen molar-refractivity contribution in [1.82, 2.24) is 4.40 Å². The Labute approximate surface area is 128 Å². The smallest absolute Gasteiger partial charge is 0.204 e. The second-order valence-corrected chi connectivity index (χ2v) is 4.91. The number of amides is 1. The molecule has 0 spiro atoms. The average molecular weight is 288 g/mol. The molecule has 2 heterocycles. The fraction of sp³-hybridized carbons (Fsp3) is 0. The first-order valence-electron chi connectivity index (χ1n) is 7.04. The maximum Gasteiger partial charge on any atom is 0.204 e. The minimum Gasteiger partial charge on any atom is -0.372 e. The quantitative estimate of drug-likeness (QED) is 0.531. The second-order valence-electron chi connectivity index (χ2n) is 4.91. The second kappa shape index (κ2) is 6.14. The maximum atomic E-state index is 8.58. The molecule has 22 heavy (non-hydrogen) atoms. The molecule has 108 valence electrons. The molecule has 0 aliphatic carbocycles. The molecule has 3 nitrogen and oxygen atoms in total. The normalized spacial score (nSPS) is 10.2. The predicted octanol–water partition coefficient (Wildman–Crippen LogP) is 3.86. The van der Waals surface area contributed by atoms with Crippen LogP contribution in [0.1, 0.15) is 0 Å². The molecule has 2 N–H and O–H groups in total. The molecule has 0 saturated heterocycles. The first-order chi connectivity index (χ1) is 10.8. The van der Waals surface area contributed by atoms with Crippen LogP contribution in [0.5, 0.6) is 0 Å². The van der Waals surface area contributed by atoms with Crippen LogP contribution in [0.25, 0.3) is 27.5 Å². The third-order valence-electron chi connectivity index (χ3n) is 3.61. The summed E-state index contributed by atoms with van der Waals surface area (Å²) < 4.78 is 2.23. The zero-order valence-corrected chi connectivity index (χ0v) is 12.0. The lowest BCUT2D eigenvalue weighted by Crippen LogP contribution is -1.86. The maximum absolute atomic E-state index is 8.58. The number of pyridine rings is 1. The Morgan fingerprint density at radius 1 is 0.818 bits per heavy atom. The van der Waals surface area contributed by atoms with Crippen molar-refractivity contribution in [3.8, 4) is 11.3 Å². The number of nitrogens with two attached hydrogens (primary N) is 1. The zero-order valence-electron chi connectivity index (χ0n) is 12.0. The molecule has 0 saturated carbocycles. The third kappa shape index (κ3) is 2.56. The average Bonchev–Trinajstić information content (AvgIpc) is 2.99. The van der Waals surface area contributed by atoms with E-state index in [-0.39, 0.29) is 6.41 Å². The van der Waals surface area contributed by atoms with Crippen LogP contribution in [0.2, 0.25) is 0 Å². The molecule has 2 aromatic carbocycles. The Kier molecular flexibility index (Phi) is 3.88. The fourth-order valence-electron chi connectivity index (χ4n) is 2.64. The first-order valence-corrected chi connectivity index (χ1v) is 7.04.